The number of hydrogen-bond donors (Lipinski definition) is 0. The molecule has 0 atom stereocenters. The van der Waals surface area contributed by atoms with Gasteiger partial charge in [0.1, 0.15) is 0 Å². The van der Waals surface area contributed by atoms with Gasteiger partial charge in [0.05, 0.1) is 11.4 Å². The van der Waals surface area contributed by atoms with Gasteiger partial charge in [0, 0.05) is 5.56 Å². The first kappa shape index (κ1) is 17.0. The number of aliphatic imine (C=N–C) groups is 2. The van der Waals surface area contributed by atoms with E-state index in [1.807, 2.05) is 19.9 Å². The van der Waals surface area contributed by atoms with Crippen LogP contribution in [0.5, 0.6) is 0 Å². The number of rotatable bonds is 5. The van der Waals surface area contributed by atoms with Crippen molar-refractivity contribution in [2.45, 2.75) is 59.3 Å². The second-order valence-corrected chi connectivity index (χ2v) is 6.04. The van der Waals surface area contributed by atoms with Crippen molar-refractivity contribution in [1.29, 1.82) is 0 Å². The van der Waals surface area contributed by atoms with E-state index >= 15 is 0 Å². The number of isocyanates is 2. The Hall–Kier alpha value is -2.02. The molecule has 0 spiro atoms. The molecule has 0 amide bonds. The maximum Gasteiger partial charge on any atom is 0.240 e. The van der Waals surface area contributed by atoms with Crippen LogP contribution < -0.4 is 0 Å². The lowest BCUT2D eigenvalue weighted by Gasteiger charge is -2.22. The van der Waals surface area contributed by atoms with Crippen LogP contribution in [0.3, 0.4) is 0 Å². The SMILES string of the molecule is CC(C)c1cc(C(C)C)c(N=C=O)c(C(C)C)c1N=C=O. The van der Waals surface area contributed by atoms with Crippen molar-refractivity contribution in [3.8, 4) is 0 Å². The number of carbonyl (C=O) groups excluding carboxylic acids is 2. The van der Waals surface area contributed by atoms with Gasteiger partial charge in [-0.3, -0.25) is 0 Å². The highest BCUT2D eigenvalue weighted by atomic mass is 16.1. The summed E-state index contributed by atoms with van der Waals surface area (Å²) in [7, 11) is 0. The third kappa shape index (κ3) is 3.55. The number of hydrogen-bond acceptors (Lipinski definition) is 4. The molecule has 0 N–H and O–H groups in total. The molecule has 0 unspecified atom stereocenters. The molecule has 0 aliphatic rings. The van der Waals surface area contributed by atoms with Gasteiger partial charge in [-0.25, -0.2) is 9.59 Å². The van der Waals surface area contributed by atoms with E-state index in [-0.39, 0.29) is 17.8 Å². The van der Waals surface area contributed by atoms with Crippen molar-refractivity contribution in [2.24, 2.45) is 9.98 Å². The summed E-state index contributed by atoms with van der Waals surface area (Å²) < 4.78 is 0. The Bertz CT molecular complexity index is 570. The van der Waals surface area contributed by atoms with E-state index in [2.05, 4.69) is 37.7 Å². The molecule has 4 heteroatoms. The summed E-state index contributed by atoms with van der Waals surface area (Å²) in [5.74, 6) is 0.503. The Morgan fingerprint density at radius 3 is 1.38 bits per heavy atom. The first-order chi connectivity index (χ1) is 9.84. The molecular weight excluding hydrogens is 264 g/mol. The van der Waals surface area contributed by atoms with Crippen LogP contribution in [0, 0.1) is 0 Å². The van der Waals surface area contributed by atoms with Gasteiger partial charge in [0.2, 0.25) is 12.2 Å². The molecule has 112 valence electrons. The highest BCUT2D eigenvalue weighted by Gasteiger charge is 2.22. The largest absolute Gasteiger partial charge is 0.240 e. The third-order valence-corrected chi connectivity index (χ3v) is 3.50. The lowest BCUT2D eigenvalue weighted by atomic mass is 9.85. The fourth-order valence-electron chi connectivity index (χ4n) is 2.50. The quantitative estimate of drug-likeness (QED) is 0.565. The van der Waals surface area contributed by atoms with Gasteiger partial charge in [-0.1, -0.05) is 47.6 Å². The van der Waals surface area contributed by atoms with Crippen LogP contribution in [0.4, 0.5) is 11.4 Å². The smallest absolute Gasteiger partial charge is 0.211 e. The Morgan fingerprint density at radius 1 is 0.762 bits per heavy atom. The second kappa shape index (κ2) is 7.12. The first-order valence-corrected chi connectivity index (χ1v) is 7.21. The van der Waals surface area contributed by atoms with Gasteiger partial charge >= 0.3 is 0 Å². The summed E-state index contributed by atoms with van der Waals surface area (Å²) in [6.45, 7) is 12.2. The fourth-order valence-corrected chi connectivity index (χ4v) is 2.50. The zero-order chi connectivity index (χ0) is 16.2. The summed E-state index contributed by atoms with van der Waals surface area (Å²) in [5.41, 5.74) is 3.96. The Balaban J connectivity index is 3.97. The molecular formula is C17H22N2O2. The van der Waals surface area contributed by atoms with E-state index in [0.717, 1.165) is 16.7 Å². The van der Waals surface area contributed by atoms with Crippen LogP contribution in [-0.4, -0.2) is 12.2 Å². The predicted octanol–water partition coefficient (Wildman–Crippen LogP) is 4.99. The molecule has 1 aromatic rings. The minimum Gasteiger partial charge on any atom is -0.211 e. The highest BCUT2D eigenvalue weighted by molar-refractivity contribution is 5.74. The van der Waals surface area contributed by atoms with Gasteiger partial charge < -0.3 is 0 Å². The van der Waals surface area contributed by atoms with Crippen molar-refractivity contribution in [3.05, 3.63) is 22.8 Å². The monoisotopic (exact) mass is 286 g/mol. The van der Waals surface area contributed by atoms with Crippen molar-refractivity contribution in [1.82, 2.24) is 0 Å². The van der Waals surface area contributed by atoms with E-state index in [1.54, 1.807) is 12.2 Å². The second-order valence-electron chi connectivity index (χ2n) is 6.04. The Labute approximate surface area is 126 Å². The van der Waals surface area contributed by atoms with Crippen LogP contribution in [0.2, 0.25) is 0 Å². The lowest BCUT2D eigenvalue weighted by Crippen LogP contribution is -2.01. The molecule has 1 aromatic carbocycles. The van der Waals surface area contributed by atoms with Gasteiger partial charge in [-0.15, -0.1) is 0 Å². The maximum absolute atomic E-state index is 10.8. The molecule has 0 heterocycles. The molecule has 0 radical (unpaired) electrons. The Morgan fingerprint density at radius 2 is 1.14 bits per heavy atom. The zero-order valence-electron chi connectivity index (χ0n) is 13.5. The summed E-state index contributed by atoms with van der Waals surface area (Å²) in [6.07, 6.45) is 3.25. The molecule has 0 aliphatic heterocycles. The van der Waals surface area contributed by atoms with Crippen LogP contribution in [0.25, 0.3) is 0 Å². The number of nitrogens with zero attached hydrogens (tertiary/aromatic N) is 2. The van der Waals surface area contributed by atoms with Crippen molar-refractivity contribution in [3.63, 3.8) is 0 Å². The fraction of sp³-hybridized carbons (Fsp3) is 0.529. The van der Waals surface area contributed by atoms with Crippen LogP contribution in [0.15, 0.2) is 16.1 Å². The first-order valence-electron chi connectivity index (χ1n) is 7.21. The molecule has 0 bridgehead atoms. The van der Waals surface area contributed by atoms with Crippen molar-refractivity contribution >= 4 is 23.5 Å². The highest BCUT2D eigenvalue weighted by Crippen LogP contribution is 2.45. The van der Waals surface area contributed by atoms with Gasteiger partial charge in [0.15, 0.2) is 0 Å². The predicted molar refractivity (Wildman–Crippen MR) is 84.3 cm³/mol. The van der Waals surface area contributed by atoms with Crippen LogP contribution >= 0.6 is 0 Å². The van der Waals surface area contributed by atoms with Gasteiger partial charge in [-0.2, -0.15) is 9.98 Å². The third-order valence-electron chi connectivity index (χ3n) is 3.50. The Kier molecular flexibility index (Phi) is 5.78. The maximum atomic E-state index is 10.8. The van der Waals surface area contributed by atoms with Gasteiger partial charge in [-0.05, 0) is 28.9 Å². The van der Waals surface area contributed by atoms with E-state index < -0.39 is 0 Å². The van der Waals surface area contributed by atoms with Crippen molar-refractivity contribution < 1.29 is 9.59 Å². The van der Waals surface area contributed by atoms with Crippen LogP contribution in [-0.2, 0) is 9.59 Å². The number of benzene rings is 1. The lowest BCUT2D eigenvalue weighted by molar-refractivity contribution is 0.564. The van der Waals surface area contributed by atoms with E-state index in [4.69, 9.17) is 0 Å². The minimum atomic E-state index is 0.0837. The summed E-state index contributed by atoms with van der Waals surface area (Å²) >= 11 is 0. The average Bonchev–Trinajstić information content (AvgIpc) is 2.38. The minimum absolute atomic E-state index is 0.0837. The molecule has 0 saturated heterocycles. The average molecular weight is 286 g/mol. The van der Waals surface area contributed by atoms with E-state index in [9.17, 15) is 9.59 Å². The molecule has 0 saturated carbocycles. The standard InChI is InChI=1S/C17H22N2O2/c1-10(2)13-7-14(11(3)4)17(19-9-21)15(12(5)6)16(13)18-8-20/h7,10-12H,1-6H3. The summed E-state index contributed by atoms with van der Waals surface area (Å²) in [4.78, 5) is 29.4. The van der Waals surface area contributed by atoms with Crippen LogP contribution in [0.1, 0.15) is 76.0 Å². The molecule has 0 fully saturated rings. The molecule has 0 aromatic heterocycles. The molecule has 21 heavy (non-hydrogen) atoms. The van der Waals surface area contributed by atoms with Crippen molar-refractivity contribution in [2.75, 3.05) is 0 Å². The zero-order valence-corrected chi connectivity index (χ0v) is 13.5. The molecule has 1 rings (SSSR count). The summed E-state index contributed by atoms with van der Waals surface area (Å²) in [5, 5.41) is 0. The van der Waals surface area contributed by atoms with E-state index in [1.165, 1.54) is 0 Å². The normalized spacial score (nSPS) is 10.7. The summed E-state index contributed by atoms with van der Waals surface area (Å²) in [6, 6.07) is 1.99. The van der Waals surface area contributed by atoms with Gasteiger partial charge in [0.25, 0.3) is 0 Å². The molecule has 4 nitrogen and oxygen atoms in total. The molecule has 0 aliphatic carbocycles. The van der Waals surface area contributed by atoms with E-state index in [0.29, 0.717) is 11.4 Å². The topological polar surface area (TPSA) is 58.9 Å².